The molecule has 0 saturated carbocycles. The van der Waals surface area contributed by atoms with Gasteiger partial charge in [0.2, 0.25) is 0 Å². The molecule has 2 aromatic heterocycles. The molecule has 0 saturated heterocycles. The molecule has 0 fully saturated rings. The van der Waals surface area contributed by atoms with Crippen LogP contribution in [-0.2, 0) is 12.6 Å². The number of rotatable bonds is 7. The van der Waals surface area contributed by atoms with Gasteiger partial charge in [0, 0.05) is 36.7 Å². The lowest BCUT2D eigenvalue weighted by Gasteiger charge is -2.16. The Morgan fingerprint density at radius 1 is 0.848 bits per heavy atom. The Morgan fingerprint density at radius 3 is 2.33 bits per heavy atom. The Morgan fingerprint density at radius 2 is 1.61 bits per heavy atom. The van der Waals surface area contributed by atoms with Gasteiger partial charge in [-0.2, -0.15) is 13.2 Å². The van der Waals surface area contributed by atoms with Crippen LogP contribution in [-0.4, -0.2) is 22.6 Å². The van der Waals surface area contributed by atoms with Gasteiger partial charge in [0.05, 0.1) is 5.56 Å². The van der Waals surface area contributed by atoms with Crippen molar-refractivity contribution in [2.45, 2.75) is 18.6 Å². The number of nitrogens with zero attached hydrogens (tertiary/aromatic N) is 2. The van der Waals surface area contributed by atoms with E-state index in [-0.39, 0.29) is 6.04 Å². The first-order valence-corrected chi connectivity index (χ1v) is 10.5. The van der Waals surface area contributed by atoms with Gasteiger partial charge in [-0.15, -0.1) is 0 Å². The molecule has 4 rings (SSSR count). The van der Waals surface area contributed by atoms with E-state index in [0.29, 0.717) is 29.9 Å². The first kappa shape index (κ1) is 22.5. The summed E-state index contributed by atoms with van der Waals surface area (Å²) in [6.07, 6.45) is 1.18. The van der Waals surface area contributed by atoms with Crippen molar-refractivity contribution in [3.63, 3.8) is 0 Å². The molecule has 0 radical (unpaired) electrons. The van der Waals surface area contributed by atoms with Gasteiger partial charge in [-0.05, 0) is 59.0 Å². The normalized spacial score (nSPS) is 12.4. The lowest BCUT2D eigenvalue weighted by Crippen LogP contribution is -2.31. The highest BCUT2D eigenvalue weighted by molar-refractivity contribution is 5.84. The minimum Gasteiger partial charge on any atom is -0.368 e. The molecule has 2 aromatic carbocycles. The lowest BCUT2D eigenvalue weighted by atomic mass is 9.95. The second kappa shape index (κ2) is 9.83. The fourth-order valence-electron chi connectivity index (χ4n) is 3.64. The topological polar surface area (TPSA) is 63.8 Å². The van der Waals surface area contributed by atoms with E-state index in [2.05, 4.69) is 15.3 Å². The van der Waals surface area contributed by atoms with Crippen molar-refractivity contribution >= 4 is 5.82 Å². The number of hydrogen-bond acceptors (Lipinski definition) is 4. The zero-order valence-corrected chi connectivity index (χ0v) is 17.8. The molecule has 4 nitrogen and oxygen atoms in total. The van der Waals surface area contributed by atoms with Gasteiger partial charge in [0.15, 0.2) is 0 Å². The second-order valence-electron chi connectivity index (χ2n) is 7.76. The van der Waals surface area contributed by atoms with Gasteiger partial charge < -0.3 is 11.1 Å². The molecule has 1 atom stereocenters. The Kier molecular flexibility index (Phi) is 6.70. The molecule has 1 unspecified atom stereocenters. The number of anilines is 1. The van der Waals surface area contributed by atoms with E-state index in [1.54, 1.807) is 24.7 Å². The molecule has 3 N–H and O–H groups in total. The monoisotopic (exact) mass is 448 g/mol. The minimum absolute atomic E-state index is 0.123. The van der Waals surface area contributed by atoms with Crippen molar-refractivity contribution in [1.82, 2.24) is 9.97 Å². The highest BCUT2D eigenvalue weighted by atomic mass is 19.4. The third-order valence-corrected chi connectivity index (χ3v) is 5.28. The lowest BCUT2D eigenvalue weighted by molar-refractivity contribution is -0.137. The molecule has 0 aliphatic carbocycles. The first-order valence-electron chi connectivity index (χ1n) is 10.5. The van der Waals surface area contributed by atoms with E-state index in [0.717, 1.165) is 28.8 Å². The second-order valence-corrected chi connectivity index (χ2v) is 7.76. The van der Waals surface area contributed by atoms with Crippen molar-refractivity contribution in [3.8, 4) is 22.3 Å². The van der Waals surface area contributed by atoms with E-state index in [4.69, 9.17) is 5.73 Å². The van der Waals surface area contributed by atoms with E-state index in [1.807, 2.05) is 48.5 Å². The Labute approximate surface area is 190 Å². The largest absolute Gasteiger partial charge is 0.416 e. The van der Waals surface area contributed by atoms with Crippen LogP contribution in [0.5, 0.6) is 0 Å². The maximum absolute atomic E-state index is 13.3. The van der Waals surface area contributed by atoms with Crippen LogP contribution in [0.2, 0.25) is 0 Å². The molecule has 0 aliphatic rings. The van der Waals surface area contributed by atoms with Crippen LogP contribution in [0, 0.1) is 0 Å². The Hall–Kier alpha value is -3.71. The Balaban J connectivity index is 1.61. The summed E-state index contributed by atoms with van der Waals surface area (Å²) in [5.41, 5.74) is 9.36. The summed E-state index contributed by atoms with van der Waals surface area (Å²) in [7, 11) is 0. The quantitative estimate of drug-likeness (QED) is 0.374. The van der Waals surface area contributed by atoms with Crippen LogP contribution < -0.4 is 11.1 Å². The number of alkyl halides is 3. The highest BCUT2D eigenvalue weighted by Crippen LogP contribution is 2.36. The standard InChI is InChI=1S/C26H23F3N4/c27-26(28,29)21-8-4-7-20(14-21)24-17-33-25(15-23(24)19-9-11-31-12-10-19)32-16-22(30)13-18-5-2-1-3-6-18/h1-12,14-15,17,22H,13,16,30H2,(H,32,33). The summed E-state index contributed by atoms with van der Waals surface area (Å²) in [5, 5.41) is 3.26. The van der Waals surface area contributed by atoms with E-state index in [1.165, 1.54) is 6.07 Å². The van der Waals surface area contributed by atoms with E-state index in [9.17, 15) is 13.2 Å². The summed E-state index contributed by atoms with van der Waals surface area (Å²) < 4.78 is 39.8. The van der Waals surface area contributed by atoms with Crippen molar-refractivity contribution < 1.29 is 13.2 Å². The molecule has 0 bridgehead atoms. The molecule has 0 aliphatic heterocycles. The van der Waals surface area contributed by atoms with Gasteiger partial charge >= 0.3 is 6.18 Å². The number of nitrogens with two attached hydrogens (primary N) is 1. The summed E-state index contributed by atoms with van der Waals surface area (Å²) in [6.45, 7) is 0.501. The van der Waals surface area contributed by atoms with Crippen LogP contribution in [0.3, 0.4) is 0 Å². The molecule has 33 heavy (non-hydrogen) atoms. The fraction of sp³-hybridized carbons (Fsp3) is 0.154. The molecule has 0 spiro atoms. The van der Waals surface area contributed by atoms with Crippen LogP contribution >= 0.6 is 0 Å². The van der Waals surface area contributed by atoms with Gasteiger partial charge in [0.1, 0.15) is 5.82 Å². The predicted molar refractivity (Wildman–Crippen MR) is 125 cm³/mol. The smallest absolute Gasteiger partial charge is 0.368 e. The SMILES string of the molecule is NC(CNc1cc(-c2ccncc2)c(-c2cccc(C(F)(F)F)c2)cn1)Cc1ccccc1. The number of aromatic nitrogens is 2. The van der Waals surface area contributed by atoms with Gasteiger partial charge in [-0.25, -0.2) is 4.98 Å². The fourth-order valence-corrected chi connectivity index (χ4v) is 3.64. The summed E-state index contributed by atoms with van der Waals surface area (Å²) >= 11 is 0. The average Bonchev–Trinajstić information content (AvgIpc) is 2.83. The van der Waals surface area contributed by atoms with Gasteiger partial charge in [-0.3, -0.25) is 4.98 Å². The van der Waals surface area contributed by atoms with Crippen LogP contribution in [0.4, 0.5) is 19.0 Å². The van der Waals surface area contributed by atoms with Crippen molar-refractivity contribution in [2.24, 2.45) is 5.73 Å². The highest BCUT2D eigenvalue weighted by Gasteiger charge is 2.30. The average molecular weight is 448 g/mol. The minimum atomic E-state index is -4.42. The van der Waals surface area contributed by atoms with E-state index < -0.39 is 11.7 Å². The zero-order valence-electron chi connectivity index (χ0n) is 17.8. The van der Waals surface area contributed by atoms with E-state index >= 15 is 0 Å². The number of benzene rings is 2. The van der Waals surface area contributed by atoms with Crippen molar-refractivity contribution in [2.75, 3.05) is 11.9 Å². The maximum Gasteiger partial charge on any atom is 0.416 e. The summed E-state index contributed by atoms with van der Waals surface area (Å²) in [4.78, 5) is 8.49. The number of pyridine rings is 2. The van der Waals surface area contributed by atoms with Gasteiger partial charge in [0.25, 0.3) is 0 Å². The number of halogens is 3. The molecule has 7 heteroatoms. The van der Waals surface area contributed by atoms with Crippen LogP contribution in [0.25, 0.3) is 22.3 Å². The molecule has 2 heterocycles. The predicted octanol–water partition coefficient (Wildman–Crippen LogP) is 5.81. The maximum atomic E-state index is 13.3. The first-order chi connectivity index (χ1) is 15.9. The number of hydrogen-bond donors (Lipinski definition) is 2. The van der Waals surface area contributed by atoms with Crippen LogP contribution in [0.1, 0.15) is 11.1 Å². The molecule has 168 valence electrons. The summed E-state index contributed by atoms with van der Waals surface area (Å²) in [6, 6.07) is 20.6. The third kappa shape index (κ3) is 5.75. The summed E-state index contributed by atoms with van der Waals surface area (Å²) in [5.74, 6) is 0.598. The van der Waals surface area contributed by atoms with Crippen LogP contribution in [0.15, 0.2) is 91.4 Å². The molecular formula is C26H23F3N4. The van der Waals surface area contributed by atoms with Gasteiger partial charge in [-0.1, -0.05) is 42.5 Å². The third-order valence-electron chi connectivity index (χ3n) is 5.28. The molecule has 4 aromatic rings. The zero-order chi connectivity index (χ0) is 23.3. The molecular weight excluding hydrogens is 425 g/mol. The molecule has 0 amide bonds. The Bertz CT molecular complexity index is 1200. The number of nitrogens with one attached hydrogen (secondary N) is 1. The van der Waals surface area contributed by atoms with Crippen molar-refractivity contribution in [3.05, 3.63) is 103 Å². The van der Waals surface area contributed by atoms with Crippen molar-refractivity contribution in [1.29, 1.82) is 0 Å².